The number of hydrogen-bond acceptors (Lipinski definition) is 5. The second kappa shape index (κ2) is 5.72. The maximum atomic E-state index is 11.7. The van der Waals surface area contributed by atoms with Gasteiger partial charge >= 0.3 is 5.97 Å². The van der Waals surface area contributed by atoms with Gasteiger partial charge in [-0.15, -0.1) is 0 Å². The van der Waals surface area contributed by atoms with Gasteiger partial charge in [0.05, 0.1) is 10.7 Å². The fraction of sp³-hybridized carbons (Fsp3) is 0.231. The van der Waals surface area contributed by atoms with Crippen LogP contribution in [0.1, 0.15) is 21.9 Å². The van der Waals surface area contributed by atoms with E-state index in [0.29, 0.717) is 5.82 Å². The van der Waals surface area contributed by atoms with E-state index >= 15 is 0 Å². The lowest BCUT2D eigenvalue weighted by Gasteiger charge is -2.07. The highest BCUT2D eigenvalue weighted by atomic mass is 35.5. The molecule has 20 heavy (non-hydrogen) atoms. The lowest BCUT2D eigenvalue weighted by atomic mass is 10.3. The molecule has 0 fully saturated rings. The number of pyridine rings is 1. The number of carbonyl (C=O) groups is 1. The summed E-state index contributed by atoms with van der Waals surface area (Å²) in [6.45, 7) is 3.40. The summed E-state index contributed by atoms with van der Waals surface area (Å²) >= 11 is 5.93. The van der Waals surface area contributed by atoms with Crippen LogP contribution in [0.15, 0.2) is 18.2 Å². The van der Waals surface area contributed by atoms with E-state index in [2.05, 4.69) is 10.1 Å². The molecule has 0 aliphatic heterocycles. The van der Waals surface area contributed by atoms with Gasteiger partial charge in [-0.25, -0.2) is 14.5 Å². The van der Waals surface area contributed by atoms with Crippen molar-refractivity contribution in [2.45, 2.75) is 13.8 Å². The third kappa shape index (κ3) is 2.78. The van der Waals surface area contributed by atoms with E-state index in [1.807, 2.05) is 19.9 Å². The maximum Gasteiger partial charge on any atom is 0.359 e. The van der Waals surface area contributed by atoms with Crippen LogP contribution in [-0.4, -0.2) is 27.3 Å². The van der Waals surface area contributed by atoms with Crippen LogP contribution in [0, 0.1) is 25.2 Å². The van der Waals surface area contributed by atoms with Gasteiger partial charge in [0.1, 0.15) is 6.07 Å². The molecule has 0 N–H and O–H groups in total. The van der Waals surface area contributed by atoms with Crippen LogP contribution in [0.4, 0.5) is 0 Å². The number of esters is 1. The van der Waals surface area contributed by atoms with E-state index in [9.17, 15) is 4.79 Å². The van der Waals surface area contributed by atoms with Gasteiger partial charge in [-0.2, -0.15) is 10.4 Å². The SMILES string of the molecule is Cc1cc(C)n(-c2ccc(Cl)c(C(=O)OCC#N)n2)n1. The Hall–Kier alpha value is -2.39. The summed E-state index contributed by atoms with van der Waals surface area (Å²) in [5, 5.41) is 12.9. The second-order valence-corrected chi connectivity index (χ2v) is 4.48. The molecule has 0 amide bonds. The van der Waals surface area contributed by atoms with Crippen LogP contribution < -0.4 is 0 Å². The average molecular weight is 291 g/mol. The summed E-state index contributed by atoms with van der Waals surface area (Å²) in [7, 11) is 0. The molecule has 7 heteroatoms. The largest absolute Gasteiger partial charge is 0.446 e. The first-order valence-electron chi connectivity index (χ1n) is 5.77. The van der Waals surface area contributed by atoms with Gasteiger partial charge in [0.2, 0.25) is 0 Å². The Bertz CT molecular complexity index is 703. The highest BCUT2D eigenvalue weighted by Gasteiger charge is 2.16. The first kappa shape index (κ1) is 14.0. The van der Waals surface area contributed by atoms with Gasteiger partial charge in [0.15, 0.2) is 18.1 Å². The van der Waals surface area contributed by atoms with Crippen molar-refractivity contribution in [2.75, 3.05) is 6.61 Å². The number of carbonyl (C=O) groups excluding carboxylic acids is 1. The van der Waals surface area contributed by atoms with Crippen molar-refractivity contribution in [3.8, 4) is 11.9 Å². The number of nitriles is 1. The Morgan fingerprint density at radius 3 is 2.85 bits per heavy atom. The van der Waals surface area contributed by atoms with E-state index in [1.54, 1.807) is 22.9 Å². The molecule has 0 atom stereocenters. The molecule has 0 aromatic carbocycles. The zero-order valence-corrected chi connectivity index (χ0v) is 11.7. The lowest BCUT2D eigenvalue weighted by Crippen LogP contribution is -2.11. The first-order chi connectivity index (χ1) is 9.52. The van der Waals surface area contributed by atoms with Crippen molar-refractivity contribution in [1.82, 2.24) is 14.8 Å². The maximum absolute atomic E-state index is 11.7. The molecule has 2 heterocycles. The zero-order chi connectivity index (χ0) is 14.7. The molecule has 0 aliphatic rings. The zero-order valence-electron chi connectivity index (χ0n) is 10.9. The van der Waals surface area contributed by atoms with Gasteiger partial charge in [0, 0.05) is 5.69 Å². The summed E-state index contributed by atoms with van der Waals surface area (Å²) in [6, 6.07) is 6.81. The Kier molecular flexibility index (Phi) is 4.01. The second-order valence-electron chi connectivity index (χ2n) is 4.07. The van der Waals surface area contributed by atoms with Crippen molar-refractivity contribution in [2.24, 2.45) is 0 Å². The van der Waals surface area contributed by atoms with Crippen LogP contribution in [-0.2, 0) is 4.74 Å². The smallest absolute Gasteiger partial charge is 0.359 e. The topological polar surface area (TPSA) is 80.8 Å². The van der Waals surface area contributed by atoms with Crippen LogP contribution in [0.25, 0.3) is 5.82 Å². The Morgan fingerprint density at radius 1 is 1.50 bits per heavy atom. The molecule has 0 radical (unpaired) electrons. The number of aromatic nitrogens is 3. The predicted octanol–water partition coefficient (Wildman–Crippen LogP) is 2.22. The van der Waals surface area contributed by atoms with Crippen molar-refractivity contribution >= 4 is 17.6 Å². The predicted molar refractivity (Wildman–Crippen MR) is 71.7 cm³/mol. The Balaban J connectivity index is 2.41. The van der Waals surface area contributed by atoms with E-state index in [0.717, 1.165) is 11.4 Å². The molecule has 102 valence electrons. The quantitative estimate of drug-likeness (QED) is 0.810. The molecule has 2 aromatic rings. The van der Waals surface area contributed by atoms with Crippen LogP contribution >= 0.6 is 11.6 Å². The van der Waals surface area contributed by atoms with Crippen molar-refractivity contribution in [3.05, 3.63) is 40.3 Å². The Morgan fingerprint density at radius 2 is 2.25 bits per heavy atom. The normalized spacial score (nSPS) is 10.1. The third-order valence-corrected chi connectivity index (χ3v) is 2.82. The molecule has 6 nitrogen and oxygen atoms in total. The van der Waals surface area contributed by atoms with E-state index < -0.39 is 5.97 Å². The Labute approximate surface area is 120 Å². The molecule has 0 spiro atoms. The summed E-state index contributed by atoms with van der Waals surface area (Å²) in [5.74, 6) is -0.274. The molecule has 2 aromatic heterocycles. The summed E-state index contributed by atoms with van der Waals surface area (Å²) < 4.78 is 6.31. The highest BCUT2D eigenvalue weighted by Crippen LogP contribution is 2.18. The first-order valence-corrected chi connectivity index (χ1v) is 6.15. The van der Waals surface area contributed by atoms with Gasteiger partial charge < -0.3 is 4.74 Å². The van der Waals surface area contributed by atoms with Gasteiger partial charge in [0.25, 0.3) is 0 Å². The standard InChI is InChI=1S/C13H11ClN4O2/c1-8-7-9(2)18(17-8)11-4-3-10(14)12(16-11)13(19)20-6-5-15/h3-4,7H,6H2,1-2H3. The van der Waals surface area contributed by atoms with Gasteiger partial charge in [-0.1, -0.05) is 11.6 Å². The fourth-order valence-corrected chi connectivity index (χ4v) is 1.90. The van der Waals surface area contributed by atoms with Gasteiger partial charge in [-0.05, 0) is 32.0 Å². The monoisotopic (exact) mass is 290 g/mol. The summed E-state index contributed by atoms with van der Waals surface area (Å²) in [6.07, 6.45) is 0. The minimum Gasteiger partial charge on any atom is -0.446 e. The molecular weight excluding hydrogens is 280 g/mol. The lowest BCUT2D eigenvalue weighted by molar-refractivity contribution is 0.0548. The molecule has 0 aliphatic carbocycles. The molecule has 0 saturated heterocycles. The third-order valence-electron chi connectivity index (χ3n) is 2.52. The van der Waals surface area contributed by atoms with E-state index in [-0.39, 0.29) is 17.3 Å². The van der Waals surface area contributed by atoms with Crippen LogP contribution in [0.3, 0.4) is 0 Å². The number of rotatable bonds is 3. The minimum atomic E-state index is -0.736. The summed E-state index contributed by atoms with van der Waals surface area (Å²) in [5.41, 5.74) is 1.69. The van der Waals surface area contributed by atoms with Gasteiger partial charge in [-0.3, -0.25) is 0 Å². The van der Waals surface area contributed by atoms with E-state index in [4.69, 9.17) is 21.6 Å². The number of ether oxygens (including phenoxy) is 1. The van der Waals surface area contributed by atoms with Crippen molar-refractivity contribution in [3.63, 3.8) is 0 Å². The molecular formula is C13H11ClN4O2. The van der Waals surface area contributed by atoms with E-state index in [1.165, 1.54) is 0 Å². The highest BCUT2D eigenvalue weighted by molar-refractivity contribution is 6.33. The van der Waals surface area contributed by atoms with Crippen LogP contribution in [0.2, 0.25) is 5.02 Å². The molecule has 0 unspecified atom stereocenters. The van der Waals surface area contributed by atoms with Crippen molar-refractivity contribution < 1.29 is 9.53 Å². The minimum absolute atomic E-state index is 0.0352. The fourth-order valence-electron chi connectivity index (χ4n) is 1.72. The molecule has 0 saturated carbocycles. The number of nitrogens with zero attached hydrogens (tertiary/aromatic N) is 4. The number of aryl methyl sites for hydroxylation is 2. The average Bonchev–Trinajstić information content (AvgIpc) is 2.75. The van der Waals surface area contributed by atoms with Crippen molar-refractivity contribution in [1.29, 1.82) is 5.26 Å². The molecule has 2 rings (SSSR count). The number of halogens is 1. The van der Waals surface area contributed by atoms with Crippen LogP contribution in [0.5, 0.6) is 0 Å². The molecule has 0 bridgehead atoms. The summed E-state index contributed by atoms with van der Waals surface area (Å²) in [4.78, 5) is 15.9. The number of hydrogen-bond donors (Lipinski definition) is 0.